The second kappa shape index (κ2) is 6.43. The van der Waals surface area contributed by atoms with Crippen molar-refractivity contribution in [1.29, 1.82) is 0 Å². The average Bonchev–Trinajstić information content (AvgIpc) is 2.78. The lowest BCUT2D eigenvalue weighted by atomic mass is 9.90. The Bertz CT molecular complexity index is 1670. The summed E-state index contributed by atoms with van der Waals surface area (Å²) in [5.41, 5.74) is 0.994. The van der Waals surface area contributed by atoms with E-state index in [1.807, 2.05) is 25.1 Å². The van der Waals surface area contributed by atoms with Gasteiger partial charge < -0.3 is 4.18 Å². The first-order valence-corrected chi connectivity index (χ1v) is 11.5. The molecule has 0 aromatic heterocycles. The van der Waals surface area contributed by atoms with Gasteiger partial charge in [-0.3, -0.25) is 0 Å². The summed E-state index contributed by atoms with van der Waals surface area (Å²) in [4.78, 5) is 0.147. The SMILES string of the molecule is Cc1ccc(S(=O)(=O)Oc2ccc3c4cccc5cccc(c6cccc2c63)c54)cc1. The fourth-order valence-electron chi connectivity index (χ4n) is 4.56. The molecule has 0 aliphatic carbocycles. The molecule has 150 valence electrons. The van der Waals surface area contributed by atoms with Crippen molar-refractivity contribution in [1.82, 2.24) is 0 Å². The number of rotatable bonds is 3. The van der Waals surface area contributed by atoms with Crippen LogP contribution in [0, 0.1) is 6.92 Å². The van der Waals surface area contributed by atoms with Gasteiger partial charge in [-0.05, 0) is 63.5 Å². The molecule has 6 aromatic rings. The quantitative estimate of drug-likeness (QED) is 0.179. The van der Waals surface area contributed by atoms with E-state index in [0.717, 1.165) is 37.9 Å². The lowest BCUT2D eigenvalue weighted by Gasteiger charge is -2.16. The molecule has 0 saturated heterocycles. The zero-order valence-corrected chi connectivity index (χ0v) is 17.6. The largest absolute Gasteiger partial charge is 0.378 e. The second-order valence-corrected chi connectivity index (χ2v) is 9.45. The fourth-order valence-corrected chi connectivity index (χ4v) is 5.51. The van der Waals surface area contributed by atoms with Crippen molar-refractivity contribution in [3.05, 3.63) is 96.6 Å². The van der Waals surface area contributed by atoms with Crippen molar-refractivity contribution in [3.63, 3.8) is 0 Å². The van der Waals surface area contributed by atoms with Gasteiger partial charge in [0.25, 0.3) is 0 Å². The van der Waals surface area contributed by atoms with E-state index < -0.39 is 10.1 Å². The van der Waals surface area contributed by atoms with E-state index in [4.69, 9.17) is 4.18 Å². The van der Waals surface area contributed by atoms with Crippen molar-refractivity contribution in [2.75, 3.05) is 0 Å². The molecule has 0 spiro atoms. The summed E-state index contributed by atoms with van der Waals surface area (Å²) >= 11 is 0. The van der Waals surface area contributed by atoms with Gasteiger partial charge in [-0.2, -0.15) is 8.42 Å². The Morgan fingerprint density at radius 2 is 1.13 bits per heavy atom. The van der Waals surface area contributed by atoms with Crippen LogP contribution in [-0.4, -0.2) is 8.42 Å². The van der Waals surface area contributed by atoms with Gasteiger partial charge >= 0.3 is 10.1 Å². The number of aryl methyl sites for hydroxylation is 1. The van der Waals surface area contributed by atoms with Gasteiger partial charge in [0, 0.05) is 10.8 Å². The van der Waals surface area contributed by atoms with Crippen molar-refractivity contribution in [3.8, 4) is 5.75 Å². The summed E-state index contributed by atoms with van der Waals surface area (Å²) < 4.78 is 31.5. The molecule has 6 aromatic carbocycles. The molecule has 0 fully saturated rings. The third-order valence-corrected chi connectivity index (χ3v) is 7.24. The van der Waals surface area contributed by atoms with Crippen LogP contribution in [0.3, 0.4) is 0 Å². The normalized spacial score (nSPS) is 12.3. The first-order valence-electron chi connectivity index (χ1n) is 10.1. The van der Waals surface area contributed by atoms with Gasteiger partial charge in [-0.25, -0.2) is 0 Å². The van der Waals surface area contributed by atoms with Crippen molar-refractivity contribution >= 4 is 53.2 Å². The molecule has 0 radical (unpaired) electrons. The predicted octanol–water partition coefficient (Wildman–Crippen LogP) is 6.81. The van der Waals surface area contributed by atoms with Gasteiger partial charge in [0.15, 0.2) is 5.75 Å². The van der Waals surface area contributed by atoms with Crippen LogP contribution >= 0.6 is 0 Å². The van der Waals surface area contributed by atoms with Gasteiger partial charge in [0.05, 0.1) is 0 Å². The van der Waals surface area contributed by atoms with Crippen LogP contribution < -0.4 is 4.18 Å². The Balaban J connectivity index is 1.64. The molecule has 0 bridgehead atoms. The van der Waals surface area contributed by atoms with Gasteiger partial charge in [0.2, 0.25) is 0 Å². The van der Waals surface area contributed by atoms with E-state index in [-0.39, 0.29) is 4.90 Å². The smallest absolute Gasteiger partial charge is 0.339 e. The molecule has 0 aliphatic rings. The number of fused-ring (bicyclic) bond motifs is 2. The van der Waals surface area contributed by atoms with Crippen LogP contribution in [0.5, 0.6) is 5.75 Å². The summed E-state index contributed by atoms with van der Waals surface area (Å²) in [6, 6.07) is 29.0. The highest BCUT2D eigenvalue weighted by Gasteiger charge is 2.20. The number of benzene rings is 6. The van der Waals surface area contributed by atoms with E-state index in [0.29, 0.717) is 5.75 Å². The van der Waals surface area contributed by atoms with Crippen LogP contribution in [0.4, 0.5) is 0 Å². The van der Waals surface area contributed by atoms with Crippen LogP contribution in [0.25, 0.3) is 43.1 Å². The molecule has 31 heavy (non-hydrogen) atoms. The summed E-state index contributed by atoms with van der Waals surface area (Å²) in [6.45, 7) is 1.92. The maximum absolute atomic E-state index is 12.9. The lowest BCUT2D eigenvalue weighted by Crippen LogP contribution is -2.10. The molecule has 6 rings (SSSR count). The van der Waals surface area contributed by atoms with E-state index in [2.05, 4.69) is 42.5 Å². The zero-order chi connectivity index (χ0) is 21.2. The Morgan fingerprint density at radius 3 is 1.81 bits per heavy atom. The Labute approximate surface area is 180 Å². The first-order chi connectivity index (χ1) is 15.0. The first kappa shape index (κ1) is 18.2. The number of hydrogen-bond donors (Lipinski definition) is 0. The van der Waals surface area contributed by atoms with Gasteiger partial charge in [-0.1, -0.05) is 72.3 Å². The van der Waals surface area contributed by atoms with Gasteiger partial charge in [-0.15, -0.1) is 0 Å². The molecule has 3 nitrogen and oxygen atoms in total. The van der Waals surface area contributed by atoms with Crippen molar-refractivity contribution in [2.24, 2.45) is 0 Å². The van der Waals surface area contributed by atoms with E-state index >= 15 is 0 Å². The van der Waals surface area contributed by atoms with Crippen LogP contribution in [0.1, 0.15) is 5.56 Å². The summed E-state index contributed by atoms with van der Waals surface area (Å²) in [5, 5.41) is 8.73. The number of hydrogen-bond acceptors (Lipinski definition) is 3. The highest BCUT2D eigenvalue weighted by atomic mass is 32.2. The Hall–Kier alpha value is -3.63. The Kier molecular flexibility index (Phi) is 3.77. The maximum Gasteiger partial charge on any atom is 0.339 e. The molecule has 0 heterocycles. The molecular formula is C27H18O3S. The molecule has 0 aliphatic heterocycles. The zero-order valence-electron chi connectivity index (χ0n) is 16.8. The average molecular weight is 423 g/mol. The molecule has 0 amide bonds. The third-order valence-electron chi connectivity index (χ3n) is 5.99. The summed E-state index contributed by atoms with van der Waals surface area (Å²) in [7, 11) is -3.94. The lowest BCUT2D eigenvalue weighted by molar-refractivity contribution is 0.489. The van der Waals surface area contributed by atoms with Gasteiger partial charge in [0.1, 0.15) is 4.90 Å². The maximum atomic E-state index is 12.9. The van der Waals surface area contributed by atoms with E-state index in [1.165, 1.54) is 10.8 Å². The predicted molar refractivity (Wildman–Crippen MR) is 127 cm³/mol. The summed E-state index contributed by atoms with van der Waals surface area (Å²) in [6.07, 6.45) is 0. The summed E-state index contributed by atoms with van der Waals surface area (Å²) in [5.74, 6) is 0.340. The van der Waals surface area contributed by atoms with Crippen molar-refractivity contribution in [2.45, 2.75) is 11.8 Å². The molecule has 0 saturated carbocycles. The Morgan fingerprint density at radius 1 is 0.581 bits per heavy atom. The molecule has 0 unspecified atom stereocenters. The molecule has 4 heteroatoms. The van der Waals surface area contributed by atoms with E-state index in [1.54, 1.807) is 30.3 Å². The van der Waals surface area contributed by atoms with Crippen LogP contribution in [-0.2, 0) is 10.1 Å². The van der Waals surface area contributed by atoms with E-state index in [9.17, 15) is 8.42 Å². The van der Waals surface area contributed by atoms with Crippen LogP contribution in [0.2, 0.25) is 0 Å². The second-order valence-electron chi connectivity index (χ2n) is 7.90. The topological polar surface area (TPSA) is 43.4 Å². The highest BCUT2D eigenvalue weighted by molar-refractivity contribution is 7.87. The highest BCUT2D eigenvalue weighted by Crippen LogP contribution is 2.42. The molecule has 0 N–H and O–H groups in total. The minimum absolute atomic E-state index is 0.147. The standard InChI is InChI=1S/C27H18O3S/c1-17-11-13-19(14-12-17)31(28,29)30-25-16-15-23-21-8-3-6-18-5-2-7-20(26(18)21)22-9-4-10-24(25)27(22)23/h2-16H,1H3. The molecular weight excluding hydrogens is 404 g/mol. The fraction of sp³-hybridized carbons (Fsp3) is 0.0370. The monoisotopic (exact) mass is 422 g/mol. The third kappa shape index (κ3) is 2.69. The van der Waals surface area contributed by atoms with Crippen LogP contribution in [0.15, 0.2) is 95.9 Å². The molecule has 0 atom stereocenters. The minimum atomic E-state index is -3.94. The minimum Gasteiger partial charge on any atom is -0.378 e. The van der Waals surface area contributed by atoms with Crippen molar-refractivity contribution < 1.29 is 12.6 Å².